The molecule has 1 aromatic carbocycles. The maximum atomic E-state index is 13.3. The lowest BCUT2D eigenvalue weighted by Crippen LogP contribution is -2.40. The molecule has 0 bridgehead atoms. The molecule has 7 nitrogen and oxygen atoms in total. The SMILES string of the molecule is CCC1c2ccccc2CCN1C(=O)c1ccnc2c(C(N)=O)cnn12. The van der Waals surface area contributed by atoms with Gasteiger partial charge in [0.25, 0.3) is 11.8 Å². The predicted molar refractivity (Wildman–Crippen MR) is 95.7 cm³/mol. The van der Waals surface area contributed by atoms with Crippen LogP contribution in [0, 0.1) is 0 Å². The van der Waals surface area contributed by atoms with Gasteiger partial charge in [-0.25, -0.2) is 9.50 Å². The first kappa shape index (κ1) is 16.3. The Bertz CT molecular complexity index is 1010. The lowest BCUT2D eigenvalue weighted by molar-refractivity contribution is 0.0646. The zero-order chi connectivity index (χ0) is 18.3. The van der Waals surface area contributed by atoms with Gasteiger partial charge in [0.15, 0.2) is 5.65 Å². The number of amides is 2. The Balaban J connectivity index is 1.77. The van der Waals surface area contributed by atoms with Gasteiger partial charge in [0.05, 0.1) is 12.2 Å². The highest BCUT2D eigenvalue weighted by Gasteiger charge is 2.31. The van der Waals surface area contributed by atoms with Crippen molar-refractivity contribution in [3.8, 4) is 0 Å². The summed E-state index contributed by atoms with van der Waals surface area (Å²) in [6.45, 7) is 2.72. The Hall–Kier alpha value is -3.22. The van der Waals surface area contributed by atoms with Gasteiger partial charge >= 0.3 is 0 Å². The first-order valence-electron chi connectivity index (χ1n) is 8.63. The molecule has 0 fully saturated rings. The van der Waals surface area contributed by atoms with Gasteiger partial charge < -0.3 is 10.6 Å². The molecule has 132 valence electrons. The fourth-order valence-corrected chi connectivity index (χ4v) is 3.71. The average molecular weight is 349 g/mol. The fourth-order valence-electron chi connectivity index (χ4n) is 3.71. The number of carbonyl (C=O) groups excluding carboxylic acids is 2. The Morgan fingerprint density at radius 3 is 2.85 bits per heavy atom. The second-order valence-electron chi connectivity index (χ2n) is 6.36. The van der Waals surface area contributed by atoms with E-state index in [1.807, 2.05) is 17.0 Å². The maximum absolute atomic E-state index is 13.3. The van der Waals surface area contributed by atoms with Crippen LogP contribution in [0.5, 0.6) is 0 Å². The van der Waals surface area contributed by atoms with Crippen LogP contribution in [0.25, 0.3) is 5.65 Å². The van der Waals surface area contributed by atoms with E-state index in [9.17, 15) is 9.59 Å². The predicted octanol–water partition coefficient (Wildman–Crippen LogP) is 1.98. The molecule has 2 amide bonds. The van der Waals surface area contributed by atoms with E-state index in [1.165, 1.54) is 28.0 Å². The highest BCUT2D eigenvalue weighted by Crippen LogP contribution is 2.33. The van der Waals surface area contributed by atoms with Crippen molar-refractivity contribution in [1.82, 2.24) is 19.5 Å². The smallest absolute Gasteiger partial charge is 0.273 e. The largest absolute Gasteiger partial charge is 0.365 e. The van der Waals surface area contributed by atoms with Crippen LogP contribution in [0.2, 0.25) is 0 Å². The standard InChI is InChI=1S/C19H19N5O2/c1-2-15-13-6-4-3-5-12(13)8-10-23(15)19(26)16-7-9-21-18-14(17(20)25)11-22-24(16)18/h3-7,9,11,15H,2,8,10H2,1H3,(H2,20,25). The molecule has 0 saturated heterocycles. The van der Waals surface area contributed by atoms with Crippen LogP contribution in [0.4, 0.5) is 0 Å². The first-order valence-corrected chi connectivity index (χ1v) is 8.63. The van der Waals surface area contributed by atoms with Crippen LogP contribution in [-0.2, 0) is 6.42 Å². The van der Waals surface area contributed by atoms with Gasteiger partial charge in [-0.1, -0.05) is 31.2 Å². The highest BCUT2D eigenvalue weighted by atomic mass is 16.2. The fraction of sp³-hybridized carbons (Fsp3) is 0.263. The molecular formula is C19H19N5O2. The van der Waals surface area contributed by atoms with Gasteiger partial charge in [-0.2, -0.15) is 5.10 Å². The van der Waals surface area contributed by atoms with Gasteiger partial charge in [-0.3, -0.25) is 9.59 Å². The lowest BCUT2D eigenvalue weighted by atomic mass is 9.91. The van der Waals surface area contributed by atoms with E-state index in [0.717, 1.165) is 12.8 Å². The summed E-state index contributed by atoms with van der Waals surface area (Å²) in [5.74, 6) is -0.742. The number of nitrogens with two attached hydrogens (primary N) is 1. The zero-order valence-corrected chi connectivity index (χ0v) is 14.4. The molecule has 0 spiro atoms. The van der Waals surface area contributed by atoms with Crippen LogP contribution in [0.15, 0.2) is 42.7 Å². The molecule has 3 heterocycles. The minimum absolute atomic E-state index is 0.0156. The second-order valence-corrected chi connectivity index (χ2v) is 6.36. The molecule has 3 aromatic rings. The van der Waals surface area contributed by atoms with Crippen LogP contribution >= 0.6 is 0 Å². The Morgan fingerprint density at radius 1 is 1.27 bits per heavy atom. The molecular weight excluding hydrogens is 330 g/mol. The zero-order valence-electron chi connectivity index (χ0n) is 14.4. The van der Waals surface area contributed by atoms with Crippen molar-refractivity contribution < 1.29 is 9.59 Å². The minimum Gasteiger partial charge on any atom is -0.365 e. The van der Waals surface area contributed by atoms with E-state index in [-0.39, 0.29) is 17.5 Å². The number of nitrogens with zero attached hydrogens (tertiary/aromatic N) is 4. The molecule has 4 rings (SSSR count). The summed E-state index contributed by atoms with van der Waals surface area (Å²) in [5, 5.41) is 4.16. The third kappa shape index (κ3) is 2.44. The molecule has 0 aliphatic carbocycles. The quantitative estimate of drug-likeness (QED) is 0.782. The molecule has 7 heteroatoms. The number of aromatic nitrogens is 3. The van der Waals surface area contributed by atoms with Crippen LogP contribution < -0.4 is 5.73 Å². The van der Waals surface area contributed by atoms with Crippen molar-refractivity contribution >= 4 is 17.5 Å². The van der Waals surface area contributed by atoms with Crippen molar-refractivity contribution in [2.45, 2.75) is 25.8 Å². The van der Waals surface area contributed by atoms with Crippen molar-refractivity contribution in [1.29, 1.82) is 0 Å². The minimum atomic E-state index is -0.615. The molecule has 2 aromatic heterocycles. The van der Waals surface area contributed by atoms with Crippen molar-refractivity contribution in [2.75, 3.05) is 6.54 Å². The molecule has 0 radical (unpaired) electrons. The van der Waals surface area contributed by atoms with Crippen molar-refractivity contribution in [2.24, 2.45) is 5.73 Å². The number of hydrogen-bond donors (Lipinski definition) is 1. The third-order valence-electron chi connectivity index (χ3n) is 4.95. The van der Waals surface area contributed by atoms with Crippen LogP contribution in [-0.4, -0.2) is 37.9 Å². The summed E-state index contributed by atoms with van der Waals surface area (Å²) in [6.07, 6.45) is 4.50. The van der Waals surface area contributed by atoms with Gasteiger partial charge in [-0.05, 0) is 30.0 Å². The number of hydrogen-bond acceptors (Lipinski definition) is 4. The summed E-state index contributed by atoms with van der Waals surface area (Å²) >= 11 is 0. The van der Waals surface area contributed by atoms with Crippen LogP contribution in [0.3, 0.4) is 0 Å². The number of primary amides is 1. The Kier molecular flexibility index (Phi) is 3.91. The van der Waals surface area contributed by atoms with Crippen molar-refractivity contribution in [3.05, 3.63) is 65.1 Å². The van der Waals surface area contributed by atoms with E-state index >= 15 is 0 Å². The molecule has 1 aliphatic rings. The number of rotatable bonds is 3. The molecule has 26 heavy (non-hydrogen) atoms. The van der Waals surface area contributed by atoms with Gasteiger partial charge in [0.1, 0.15) is 11.3 Å². The second kappa shape index (κ2) is 6.25. The lowest BCUT2D eigenvalue weighted by Gasteiger charge is -2.37. The first-order chi connectivity index (χ1) is 12.6. The van der Waals surface area contributed by atoms with E-state index in [1.54, 1.807) is 6.07 Å². The molecule has 1 unspecified atom stereocenters. The topological polar surface area (TPSA) is 93.6 Å². The molecule has 1 atom stereocenters. The third-order valence-corrected chi connectivity index (χ3v) is 4.95. The highest BCUT2D eigenvalue weighted by molar-refractivity contribution is 6.00. The van der Waals surface area contributed by atoms with Gasteiger partial charge in [0.2, 0.25) is 0 Å². The van der Waals surface area contributed by atoms with E-state index < -0.39 is 5.91 Å². The summed E-state index contributed by atoms with van der Waals surface area (Å²) in [7, 11) is 0. The summed E-state index contributed by atoms with van der Waals surface area (Å²) in [6, 6.07) is 9.89. The van der Waals surface area contributed by atoms with Crippen molar-refractivity contribution in [3.63, 3.8) is 0 Å². The number of benzene rings is 1. The summed E-state index contributed by atoms with van der Waals surface area (Å²) < 4.78 is 1.40. The molecule has 0 saturated carbocycles. The van der Waals surface area contributed by atoms with E-state index in [2.05, 4.69) is 29.1 Å². The van der Waals surface area contributed by atoms with Gasteiger partial charge in [0, 0.05) is 12.7 Å². The van der Waals surface area contributed by atoms with Gasteiger partial charge in [-0.15, -0.1) is 0 Å². The molecule has 2 N–H and O–H groups in total. The maximum Gasteiger partial charge on any atom is 0.273 e. The molecule has 1 aliphatic heterocycles. The average Bonchev–Trinajstić information content (AvgIpc) is 3.11. The van der Waals surface area contributed by atoms with Crippen LogP contribution in [0.1, 0.15) is 51.4 Å². The summed E-state index contributed by atoms with van der Waals surface area (Å²) in [5.41, 5.74) is 8.72. The summed E-state index contributed by atoms with van der Waals surface area (Å²) in [4.78, 5) is 30.9. The van der Waals surface area contributed by atoms with E-state index in [4.69, 9.17) is 5.73 Å². The Morgan fingerprint density at radius 2 is 2.08 bits per heavy atom. The normalized spacial score (nSPS) is 16.5. The number of fused-ring (bicyclic) bond motifs is 2. The van der Waals surface area contributed by atoms with E-state index in [0.29, 0.717) is 17.9 Å². The Labute approximate surface area is 150 Å². The number of carbonyl (C=O) groups is 2. The monoisotopic (exact) mass is 349 g/mol.